The number of fused-ring (bicyclic) bond motifs is 1. The molecular formula is C20H27N3O. The van der Waals surface area contributed by atoms with Crippen LogP contribution < -0.4 is 15.4 Å². The monoisotopic (exact) mass is 325 g/mol. The van der Waals surface area contributed by atoms with Gasteiger partial charge in [-0.3, -0.25) is 0 Å². The zero-order chi connectivity index (χ0) is 16.9. The van der Waals surface area contributed by atoms with Gasteiger partial charge in [0.25, 0.3) is 0 Å². The zero-order valence-corrected chi connectivity index (χ0v) is 14.6. The third kappa shape index (κ3) is 3.71. The van der Waals surface area contributed by atoms with Crippen LogP contribution in [0.25, 0.3) is 0 Å². The lowest BCUT2D eigenvalue weighted by Crippen LogP contribution is -2.32. The molecule has 128 valence electrons. The molecule has 0 aliphatic carbocycles. The molecule has 2 N–H and O–H groups in total. The number of rotatable bonds is 7. The molecule has 0 amide bonds. The molecule has 4 nitrogen and oxygen atoms in total. The normalized spacial score (nSPS) is 14.8. The molecule has 2 aromatic carbocycles. The molecule has 0 radical (unpaired) electrons. The molecule has 0 saturated carbocycles. The number of nitrogens with zero attached hydrogens (tertiary/aromatic N) is 2. The minimum atomic E-state index is 0.186. The summed E-state index contributed by atoms with van der Waals surface area (Å²) in [5.41, 5.74) is 10.1. The average molecular weight is 325 g/mol. The maximum atomic E-state index is 6.14. The fourth-order valence-corrected chi connectivity index (χ4v) is 3.29. The molecule has 3 rings (SSSR count). The first-order chi connectivity index (χ1) is 11.7. The lowest BCUT2D eigenvalue weighted by Gasteiger charge is -2.30. The molecule has 0 bridgehead atoms. The summed E-state index contributed by atoms with van der Waals surface area (Å²) in [6.07, 6.45) is 1.09. The Bertz CT molecular complexity index is 671. The fourth-order valence-electron chi connectivity index (χ4n) is 3.29. The quantitative estimate of drug-likeness (QED) is 0.850. The minimum absolute atomic E-state index is 0.186. The molecule has 0 fully saturated rings. The van der Waals surface area contributed by atoms with Gasteiger partial charge in [0.1, 0.15) is 12.4 Å². The van der Waals surface area contributed by atoms with Crippen LogP contribution in [0.3, 0.4) is 0 Å². The van der Waals surface area contributed by atoms with Crippen LogP contribution in [-0.4, -0.2) is 45.2 Å². The van der Waals surface area contributed by atoms with E-state index in [1.807, 2.05) is 6.07 Å². The molecular weight excluding hydrogens is 298 g/mol. The fraction of sp³-hybridized carbons (Fsp3) is 0.400. The van der Waals surface area contributed by atoms with Crippen LogP contribution in [-0.2, 0) is 6.42 Å². The van der Waals surface area contributed by atoms with Gasteiger partial charge in [0, 0.05) is 25.3 Å². The Morgan fingerprint density at radius 2 is 2.00 bits per heavy atom. The molecule has 1 unspecified atom stereocenters. The smallest absolute Gasteiger partial charge is 0.119 e. The maximum Gasteiger partial charge on any atom is 0.119 e. The Balaban J connectivity index is 1.77. The van der Waals surface area contributed by atoms with Gasteiger partial charge in [-0.1, -0.05) is 30.3 Å². The van der Waals surface area contributed by atoms with Crippen LogP contribution in [0.1, 0.15) is 17.2 Å². The second-order valence-corrected chi connectivity index (χ2v) is 6.55. The molecule has 4 heteroatoms. The van der Waals surface area contributed by atoms with E-state index >= 15 is 0 Å². The Kier molecular flexibility index (Phi) is 5.38. The van der Waals surface area contributed by atoms with Gasteiger partial charge < -0.3 is 20.3 Å². The van der Waals surface area contributed by atoms with Gasteiger partial charge in [-0.25, -0.2) is 0 Å². The first-order valence-electron chi connectivity index (χ1n) is 8.61. The van der Waals surface area contributed by atoms with Crippen molar-refractivity contribution in [1.29, 1.82) is 0 Å². The average Bonchev–Trinajstić information content (AvgIpc) is 3.00. The number of ether oxygens (including phenoxy) is 1. The third-order valence-electron chi connectivity index (χ3n) is 4.57. The number of hydrogen-bond acceptors (Lipinski definition) is 4. The third-order valence-corrected chi connectivity index (χ3v) is 4.57. The van der Waals surface area contributed by atoms with Crippen LogP contribution in [0, 0.1) is 0 Å². The van der Waals surface area contributed by atoms with Crippen molar-refractivity contribution in [3.63, 3.8) is 0 Å². The highest BCUT2D eigenvalue weighted by Gasteiger charge is 2.26. The highest BCUT2D eigenvalue weighted by atomic mass is 16.5. The lowest BCUT2D eigenvalue weighted by molar-refractivity contribution is 0.261. The highest BCUT2D eigenvalue weighted by Crippen LogP contribution is 2.35. The van der Waals surface area contributed by atoms with E-state index in [4.69, 9.17) is 10.5 Å². The topological polar surface area (TPSA) is 41.7 Å². The SMILES string of the molecule is CN(C)CCOc1cccc(C(CN)N2CCc3ccccc32)c1. The van der Waals surface area contributed by atoms with Crippen molar-refractivity contribution < 1.29 is 4.74 Å². The first-order valence-corrected chi connectivity index (χ1v) is 8.61. The van der Waals surface area contributed by atoms with Crippen LogP contribution in [0.5, 0.6) is 5.75 Å². The number of benzene rings is 2. The van der Waals surface area contributed by atoms with Crippen LogP contribution in [0.2, 0.25) is 0 Å². The zero-order valence-electron chi connectivity index (χ0n) is 14.6. The summed E-state index contributed by atoms with van der Waals surface area (Å²) in [6.45, 7) is 3.21. The Morgan fingerprint density at radius 1 is 1.17 bits per heavy atom. The molecule has 0 saturated heterocycles. The predicted octanol–water partition coefficient (Wildman–Crippen LogP) is 2.69. The van der Waals surface area contributed by atoms with Gasteiger partial charge in [0.15, 0.2) is 0 Å². The van der Waals surface area contributed by atoms with Crippen LogP contribution in [0.4, 0.5) is 5.69 Å². The van der Waals surface area contributed by atoms with Gasteiger partial charge in [0.2, 0.25) is 0 Å². The molecule has 1 aliphatic rings. The molecule has 0 spiro atoms. The summed E-state index contributed by atoms with van der Waals surface area (Å²) in [4.78, 5) is 4.54. The van der Waals surface area contributed by atoms with Crippen molar-refractivity contribution in [3.8, 4) is 5.75 Å². The number of anilines is 1. The summed E-state index contributed by atoms with van der Waals surface area (Å²) < 4.78 is 5.88. The maximum absolute atomic E-state index is 6.14. The summed E-state index contributed by atoms with van der Waals surface area (Å²) in [6, 6.07) is 17.2. The summed E-state index contributed by atoms with van der Waals surface area (Å²) in [7, 11) is 4.10. The van der Waals surface area contributed by atoms with E-state index in [-0.39, 0.29) is 6.04 Å². The van der Waals surface area contributed by atoms with E-state index in [1.54, 1.807) is 0 Å². The number of hydrogen-bond donors (Lipinski definition) is 1. The Morgan fingerprint density at radius 3 is 2.79 bits per heavy atom. The van der Waals surface area contributed by atoms with E-state index in [0.29, 0.717) is 13.2 Å². The standard InChI is InChI=1S/C20H27N3O/c1-22(2)12-13-24-18-8-5-7-17(14-18)20(15-21)23-11-10-16-6-3-4-9-19(16)23/h3-9,14,20H,10-13,15,21H2,1-2H3. The van der Waals surface area contributed by atoms with E-state index in [0.717, 1.165) is 25.3 Å². The minimum Gasteiger partial charge on any atom is -0.492 e. The van der Waals surface area contributed by atoms with Crippen molar-refractivity contribution in [1.82, 2.24) is 4.90 Å². The summed E-state index contributed by atoms with van der Waals surface area (Å²) in [5.74, 6) is 0.917. The molecule has 24 heavy (non-hydrogen) atoms. The summed E-state index contributed by atoms with van der Waals surface area (Å²) >= 11 is 0. The van der Waals surface area contributed by atoms with Gasteiger partial charge in [-0.05, 0) is 49.8 Å². The van der Waals surface area contributed by atoms with Gasteiger partial charge in [-0.2, -0.15) is 0 Å². The van der Waals surface area contributed by atoms with Crippen LogP contribution in [0.15, 0.2) is 48.5 Å². The molecule has 1 atom stereocenters. The van der Waals surface area contributed by atoms with Crippen molar-refractivity contribution in [3.05, 3.63) is 59.7 Å². The van der Waals surface area contributed by atoms with Gasteiger partial charge in [0.05, 0.1) is 6.04 Å². The molecule has 1 heterocycles. The lowest BCUT2D eigenvalue weighted by atomic mass is 10.0. The van der Waals surface area contributed by atoms with E-state index in [1.165, 1.54) is 16.8 Å². The van der Waals surface area contributed by atoms with E-state index < -0.39 is 0 Å². The largest absolute Gasteiger partial charge is 0.492 e. The van der Waals surface area contributed by atoms with Gasteiger partial charge >= 0.3 is 0 Å². The number of likely N-dealkylation sites (N-methyl/N-ethyl adjacent to an activating group) is 1. The number of para-hydroxylation sites is 1. The van der Waals surface area contributed by atoms with Crippen molar-refractivity contribution in [2.24, 2.45) is 5.73 Å². The van der Waals surface area contributed by atoms with Crippen molar-refractivity contribution >= 4 is 5.69 Å². The molecule has 1 aliphatic heterocycles. The second kappa shape index (κ2) is 7.69. The second-order valence-electron chi connectivity index (χ2n) is 6.55. The number of nitrogens with two attached hydrogens (primary N) is 1. The molecule has 2 aromatic rings. The van der Waals surface area contributed by atoms with Crippen molar-refractivity contribution in [2.45, 2.75) is 12.5 Å². The van der Waals surface area contributed by atoms with E-state index in [9.17, 15) is 0 Å². The summed E-state index contributed by atoms with van der Waals surface area (Å²) in [5, 5.41) is 0. The van der Waals surface area contributed by atoms with E-state index in [2.05, 4.69) is 66.4 Å². The van der Waals surface area contributed by atoms with Gasteiger partial charge in [-0.15, -0.1) is 0 Å². The predicted molar refractivity (Wildman–Crippen MR) is 99.8 cm³/mol. The Hall–Kier alpha value is -2.04. The molecule has 0 aromatic heterocycles. The van der Waals surface area contributed by atoms with Crippen LogP contribution >= 0.6 is 0 Å². The van der Waals surface area contributed by atoms with Crippen molar-refractivity contribution in [2.75, 3.05) is 45.2 Å². The Labute approximate surface area is 144 Å². The first kappa shape index (κ1) is 16.8. The highest BCUT2D eigenvalue weighted by molar-refractivity contribution is 5.59.